The fraction of sp³-hybridized carbons (Fsp3) is 0.300. The summed E-state index contributed by atoms with van der Waals surface area (Å²) in [6.45, 7) is 1.01. The van der Waals surface area contributed by atoms with Crippen LogP contribution in [-0.4, -0.2) is 48.8 Å². The minimum atomic E-state index is -3.55. The number of nitrogens with one attached hydrogen (secondary N) is 1. The van der Waals surface area contributed by atoms with Gasteiger partial charge in [-0.3, -0.25) is 4.79 Å². The number of carboxylic acid groups (broad SMARTS) is 1. The molecule has 0 aliphatic carbocycles. The van der Waals surface area contributed by atoms with Crippen LogP contribution < -0.4 is 5.32 Å². The average molecular weight is 402 g/mol. The molecule has 0 unspecified atom stereocenters. The van der Waals surface area contributed by atoms with Gasteiger partial charge in [0.1, 0.15) is 6.04 Å². The second-order valence-electron chi connectivity index (χ2n) is 6.69. The van der Waals surface area contributed by atoms with Gasteiger partial charge in [-0.05, 0) is 42.7 Å². The molecule has 0 saturated carbocycles. The number of hydrogen-bond donors (Lipinski definition) is 2. The van der Waals surface area contributed by atoms with Gasteiger partial charge in [-0.2, -0.15) is 4.31 Å². The molecule has 1 amide bonds. The lowest BCUT2D eigenvalue weighted by molar-refractivity contribution is -0.139. The van der Waals surface area contributed by atoms with Crippen molar-refractivity contribution in [1.29, 1.82) is 0 Å². The molecule has 0 spiro atoms. The van der Waals surface area contributed by atoms with Crippen LogP contribution in [0.2, 0.25) is 0 Å². The normalized spacial score (nSPS) is 15.9. The van der Waals surface area contributed by atoms with Crippen molar-refractivity contribution in [3.63, 3.8) is 0 Å². The third-order valence-corrected chi connectivity index (χ3v) is 6.62. The van der Waals surface area contributed by atoms with Crippen LogP contribution in [0.5, 0.6) is 0 Å². The molecular formula is C20H22N2O5S. The second-order valence-corrected chi connectivity index (χ2v) is 8.63. The molecule has 3 rings (SSSR count). The van der Waals surface area contributed by atoms with Gasteiger partial charge >= 0.3 is 5.97 Å². The Bertz CT molecular complexity index is 936. The number of benzene rings is 2. The maximum absolute atomic E-state index is 12.5. The summed E-state index contributed by atoms with van der Waals surface area (Å²) < 4.78 is 26.5. The lowest BCUT2D eigenvalue weighted by Crippen LogP contribution is -2.42. The molecule has 1 heterocycles. The first-order valence-electron chi connectivity index (χ1n) is 9.06. The second kappa shape index (κ2) is 8.53. The number of carbonyl (C=O) groups excluding carboxylic acids is 1. The number of hydrogen-bond acceptors (Lipinski definition) is 4. The summed E-state index contributed by atoms with van der Waals surface area (Å²) in [5, 5.41) is 11.9. The Hall–Kier alpha value is -2.71. The maximum atomic E-state index is 12.5. The molecule has 148 valence electrons. The number of nitrogens with zero attached hydrogens (tertiary/aromatic N) is 1. The SMILES string of the molecule is O=C(N[C@@H](Cc1ccccc1)C(=O)O)c1ccc(S(=O)(=O)N2CCCC2)cc1. The van der Waals surface area contributed by atoms with Gasteiger partial charge in [0.2, 0.25) is 10.0 Å². The van der Waals surface area contributed by atoms with Crippen molar-refractivity contribution < 1.29 is 23.1 Å². The smallest absolute Gasteiger partial charge is 0.326 e. The lowest BCUT2D eigenvalue weighted by Gasteiger charge is -2.16. The van der Waals surface area contributed by atoms with Crippen LogP contribution in [0.25, 0.3) is 0 Å². The number of carboxylic acids is 1. The van der Waals surface area contributed by atoms with Gasteiger partial charge in [0.05, 0.1) is 4.90 Å². The van der Waals surface area contributed by atoms with Crippen molar-refractivity contribution in [2.24, 2.45) is 0 Å². The molecule has 0 radical (unpaired) electrons. The Morgan fingerprint density at radius 1 is 1.00 bits per heavy atom. The topological polar surface area (TPSA) is 104 Å². The molecule has 8 heteroatoms. The number of amides is 1. The molecule has 1 atom stereocenters. The molecule has 2 aromatic carbocycles. The molecule has 0 aromatic heterocycles. The van der Waals surface area contributed by atoms with Crippen molar-refractivity contribution in [3.8, 4) is 0 Å². The Labute approximate surface area is 164 Å². The van der Waals surface area contributed by atoms with Gasteiger partial charge in [-0.1, -0.05) is 30.3 Å². The van der Waals surface area contributed by atoms with Crippen LogP contribution in [0.1, 0.15) is 28.8 Å². The molecule has 1 fully saturated rings. The zero-order valence-corrected chi connectivity index (χ0v) is 16.1. The van der Waals surface area contributed by atoms with Crippen molar-refractivity contribution in [2.45, 2.75) is 30.2 Å². The molecule has 1 aliphatic heterocycles. The predicted octanol–water partition coefficient (Wildman–Crippen LogP) is 1.90. The highest BCUT2D eigenvalue weighted by Gasteiger charge is 2.27. The van der Waals surface area contributed by atoms with Crippen molar-refractivity contribution in [3.05, 3.63) is 65.7 Å². The Morgan fingerprint density at radius 2 is 1.61 bits per heavy atom. The fourth-order valence-corrected chi connectivity index (χ4v) is 4.66. The summed E-state index contributed by atoms with van der Waals surface area (Å²) in [6.07, 6.45) is 1.85. The molecule has 1 saturated heterocycles. The highest BCUT2D eigenvalue weighted by Crippen LogP contribution is 2.21. The first-order chi connectivity index (χ1) is 13.4. The summed E-state index contributed by atoms with van der Waals surface area (Å²) in [4.78, 5) is 24.1. The van der Waals surface area contributed by atoms with Crippen LogP contribution >= 0.6 is 0 Å². The van der Waals surface area contributed by atoms with E-state index in [-0.39, 0.29) is 16.9 Å². The van der Waals surface area contributed by atoms with Gasteiger partial charge in [0.15, 0.2) is 0 Å². The van der Waals surface area contributed by atoms with E-state index < -0.39 is 27.9 Å². The van der Waals surface area contributed by atoms with Crippen LogP contribution in [0.3, 0.4) is 0 Å². The Balaban J connectivity index is 1.70. The summed E-state index contributed by atoms with van der Waals surface area (Å²) >= 11 is 0. The van der Waals surface area contributed by atoms with Crippen LogP contribution in [0, 0.1) is 0 Å². The predicted molar refractivity (Wildman–Crippen MR) is 103 cm³/mol. The lowest BCUT2D eigenvalue weighted by atomic mass is 10.1. The number of sulfonamides is 1. The summed E-state index contributed by atoms with van der Waals surface area (Å²) in [6, 6.07) is 13.5. The minimum absolute atomic E-state index is 0.130. The zero-order chi connectivity index (χ0) is 20.1. The van der Waals surface area contributed by atoms with E-state index in [4.69, 9.17) is 0 Å². The van der Waals surface area contributed by atoms with E-state index in [2.05, 4.69) is 5.32 Å². The van der Waals surface area contributed by atoms with E-state index in [1.54, 1.807) is 24.3 Å². The van der Waals surface area contributed by atoms with Crippen LogP contribution in [0.15, 0.2) is 59.5 Å². The first-order valence-corrected chi connectivity index (χ1v) is 10.5. The van der Waals surface area contributed by atoms with Gasteiger partial charge < -0.3 is 10.4 Å². The van der Waals surface area contributed by atoms with Gasteiger partial charge in [-0.15, -0.1) is 0 Å². The number of aliphatic carboxylic acids is 1. The summed E-state index contributed by atoms with van der Waals surface area (Å²) in [5.74, 6) is -1.70. The quantitative estimate of drug-likeness (QED) is 0.736. The molecule has 1 aliphatic rings. The maximum Gasteiger partial charge on any atom is 0.326 e. The van der Waals surface area contributed by atoms with E-state index in [9.17, 15) is 23.1 Å². The number of rotatable bonds is 7. The highest BCUT2D eigenvalue weighted by atomic mass is 32.2. The van der Waals surface area contributed by atoms with E-state index >= 15 is 0 Å². The van der Waals surface area contributed by atoms with Gasteiger partial charge in [0.25, 0.3) is 5.91 Å². The van der Waals surface area contributed by atoms with E-state index in [1.807, 2.05) is 6.07 Å². The summed E-state index contributed by atoms with van der Waals surface area (Å²) in [5.41, 5.74) is 1.00. The van der Waals surface area contributed by atoms with E-state index in [0.717, 1.165) is 18.4 Å². The van der Waals surface area contributed by atoms with Crippen LogP contribution in [-0.2, 0) is 21.2 Å². The molecule has 7 nitrogen and oxygen atoms in total. The van der Waals surface area contributed by atoms with Gasteiger partial charge in [0, 0.05) is 25.1 Å². The van der Waals surface area contributed by atoms with Crippen molar-refractivity contribution >= 4 is 21.9 Å². The van der Waals surface area contributed by atoms with E-state index in [1.165, 1.54) is 28.6 Å². The standard InChI is InChI=1S/C20H22N2O5S/c23-19(21-18(20(24)25)14-15-6-2-1-3-7-15)16-8-10-17(11-9-16)28(26,27)22-12-4-5-13-22/h1-3,6-11,18H,4-5,12-14H2,(H,21,23)(H,24,25)/t18-/m0/s1. The highest BCUT2D eigenvalue weighted by molar-refractivity contribution is 7.89. The molecule has 28 heavy (non-hydrogen) atoms. The zero-order valence-electron chi connectivity index (χ0n) is 15.2. The Kier molecular flexibility index (Phi) is 6.11. The van der Waals surface area contributed by atoms with Crippen molar-refractivity contribution in [1.82, 2.24) is 9.62 Å². The molecular weight excluding hydrogens is 380 g/mol. The summed E-state index contributed by atoms with van der Waals surface area (Å²) in [7, 11) is -3.55. The minimum Gasteiger partial charge on any atom is -0.480 e. The molecule has 2 N–H and O–H groups in total. The fourth-order valence-electron chi connectivity index (χ4n) is 3.15. The largest absolute Gasteiger partial charge is 0.480 e. The van der Waals surface area contributed by atoms with Crippen LogP contribution in [0.4, 0.5) is 0 Å². The monoisotopic (exact) mass is 402 g/mol. The average Bonchev–Trinajstić information content (AvgIpc) is 3.24. The third-order valence-electron chi connectivity index (χ3n) is 4.71. The molecule has 2 aromatic rings. The molecule has 0 bridgehead atoms. The third kappa shape index (κ3) is 4.58. The first kappa shape index (κ1) is 20.0. The van der Waals surface area contributed by atoms with E-state index in [0.29, 0.717) is 13.1 Å². The van der Waals surface area contributed by atoms with Gasteiger partial charge in [-0.25, -0.2) is 13.2 Å². The Morgan fingerprint density at radius 3 is 2.18 bits per heavy atom. The number of carbonyl (C=O) groups is 2. The van der Waals surface area contributed by atoms with Crippen molar-refractivity contribution in [2.75, 3.05) is 13.1 Å².